The third-order valence-electron chi connectivity index (χ3n) is 6.37. The summed E-state index contributed by atoms with van der Waals surface area (Å²) in [6.07, 6.45) is 8.19. The lowest BCUT2D eigenvalue weighted by Crippen LogP contribution is -2.30. The van der Waals surface area contributed by atoms with E-state index in [1.165, 1.54) is 11.1 Å². The summed E-state index contributed by atoms with van der Waals surface area (Å²) in [5.74, 6) is 0.165. The van der Waals surface area contributed by atoms with E-state index in [0.717, 1.165) is 61.4 Å². The predicted molar refractivity (Wildman–Crippen MR) is 119 cm³/mol. The summed E-state index contributed by atoms with van der Waals surface area (Å²) in [6.45, 7) is 4.44. The van der Waals surface area contributed by atoms with Crippen molar-refractivity contribution < 1.29 is 9.53 Å². The Hall–Kier alpha value is -2.44. The molecule has 156 valence electrons. The molecule has 0 spiro atoms. The zero-order valence-electron chi connectivity index (χ0n) is 17.3. The topological polar surface area (TPSA) is 47.4 Å². The summed E-state index contributed by atoms with van der Waals surface area (Å²) >= 11 is 1.55. The average Bonchev–Trinajstić information content (AvgIpc) is 3.54. The van der Waals surface area contributed by atoms with Gasteiger partial charge in [0.25, 0.3) is 5.91 Å². The number of carbonyl (C=O) groups excluding carboxylic acids is 1. The lowest BCUT2D eigenvalue weighted by molar-refractivity contribution is 0.0662. The van der Waals surface area contributed by atoms with Crippen LogP contribution in [0.25, 0.3) is 11.1 Å². The third kappa shape index (κ3) is 3.59. The van der Waals surface area contributed by atoms with Gasteiger partial charge in [0.2, 0.25) is 0 Å². The number of amides is 1. The molecule has 5 nitrogen and oxygen atoms in total. The number of rotatable bonds is 4. The van der Waals surface area contributed by atoms with E-state index in [1.54, 1.807) is 11.3 Å². The van der Waals surface area contributed by atoms with Gasteiger partial charge in [-0.3, -0.25) is 9.48 Å². The van der Waals surface area contributed by atoms with Crippen molar-refractivity contribution >= 4 is 17.2 Å². The van der Waals surface area contributed by atoms with Crippen LogP contribution in [0.1, 0.15) is 58.6 Å². The second-order valence-electron chi connectivity index (χ2n) is 8.23. The van der Waals surface area contributed by atoms with Gasteiger partial charge in [-0.05, 0) is 60.7 Å². The maximum Gasteiger partial charge on any atom is 0.264 e. The normalized spacial score (nSPS) is 20.0. The van der Waals surface area contributed by atoms with Crippen molar-refractivity contribution in [2.75, 3.05) is 19.8 Å². The molecule has 3 aromatic rings. The van der Waals surface area contributed by atoms with Crippen molar-refractivity contribution in [3.63, 3.8) is 0 Å². The highest BCUT2D eigenvalue weighted by molar-refractivity contribution is 7.12. The lowest BCUT2D eigenvalue weighted by Gasteiger charge is -2.26. The van der Waals surface area contributed by atoms with Crippen LogP contribution in [0.5, 0.6) is 0 Å². The predicted octanol–water partition coefficient (Wildman–Crippen LogP) is 5.25. The number of hydrogen-bond donors (Lipinski definition) is 0. The summed E-state index contributed by atoms with van der Waals surface area (Å²) in [6, 6.07) is 11.1. The number of aryl methyl sites for hydroxylation is 1. The van der Waals surface area contributed by atoms with Crippen LogP contribution in [0.3, 0.4) is 0 Å². The summed E-state index contributed by atoms with van der Waals surface area (Å²) < 4.78 is 7.59. The Labute approximate surface area is 181 Å². The maximum atomic E-state index is 13.3. The van der Waals surface area contributed by atoms with Gasteiger partial charge < -0.3 is 9.64 Å². The fourth-order valence-electron chi connectivity index (χ4n) is 4.73. The molecule has 30 heavy (non-hydrogen) atoms. The Morgan fingerprint density at radius 2 is 2.00 bits per heavy atom. The Balaban J connectivity index is 1.45. The SMILES string of the molecule is Cc1ccsc1C(=O)N1CCC[C@H]1c1ccccc1-c1cnn(C2CCOCC2)c1. The summed E-state index contributed by atoms with van der Waals surface area (Å²) in [5, 5.41) is 6.68. The third-order valence-corrected chi connectivity index (χ3v) is 7.37. The van der Waals surface area contributed by atoms with Crippen LogP contribution in [0, 0.1) is 6.92 Å². The monoisotopic (exact) mass is 421 g/mol. The van der Waals surface area contributed by atoms with Crippen LogP contribution >= 0.6 is 11.3 Å². The molecule has 1 amide bonds. The molecule has 1 atom stereocenters. The van der Waals surface area contributed by atoms with Gasteiger partial charge in [0, 0.05) is 31.5 Å². The van der Waals surface area contributed by atoms with Gasteiger partial charge in [-0.1, -0.05) is 24.3 Å². The number of likely N-dealkylation sites (tertiary alicyclic amines) is 1. The smallest absolute Gasteiger partial charge is 0.264 e. The van der Waals surface area contributed by atoms with Gasteiger partial charge in [0.05, 0.1) is 23.2 Å². The number of aromatic nitrogens is 2. The van der Waals surface area contributed by atoms with Crippen LogP contribution < -0.4 is 0 Å². The first kappa shape index (κ1) is 19.5. The van der Waals surface area contributed by atoms with Crippen LogP contribution in [0.15, 0.2) is 48.1 Å². The van der Waals surface area contributed by atoms with Gasteiger partial charge in [-0.15, -0.1) is 11.3 Å². The van der Waals surface area contributed by atoms with E-state index in [9.17, 15) is 4.79 Å². The lowest BCUT2D eigenvalue weighted by atomic mass is 9.95. The highest BCUT2D eigenvalue weighted by atomic mass is 32.1. The van der Waals surface area contributed by atoms with Crippen molar-refractivity contribution in [3.8, 4) is 11.1 Å². The summed E-state index contributed by atoms with van der Waals surface area (Å²) in [5.41, 5.74) is 4.61. The highest BCUT2D eigenvalue weighted by Crippen LogP contribution is 2.39. The minimum Gasteiger partial charge on any atom is -0.381 e. The fraction of sp³-hybridized carbons (Fsp3) is 0.417. The number of benzene rings is 1. The molecule has 0 radical (unpaired) electrons. The first-order chi connectivity index (χ1) is 14.7. The number of nitrogens with zero attached hydrogens (tertiary/aromatic N) is 3. The van der Waals surface area contributed by atoms with Gasteiger partial charge in [0.1, 0.15) is 0 Å². The Morgan fingerprint density at radius 3 is 2.80 bits per heavy atom. The second kappa shape index (κ2) is 8.36. The highest BCUT2D eigenvalue weighted by Gasteiger charge is 2.33. The number of carbonyl (C=O) groups is 1. The molecule has 2 fully saturated rings. The van der Waals surface area contributed by atoms with E-state index in [1.807, 2.05) is 24.6 Å². The molecule has 0 N–H and O–H groups in total. The molecule has 0 bridgehead atoms. The van der Waals surface area contributed by atoms with Crippen LogP contribution in [-0.4, -0.2) is 40.3 Å². The van der Waals surface area contributed by atoms with Gasteiger partial charge >= 0.3 is 0 Å². The Kier molecular flexibility index (Phi) is 5.44. The van der Waals surface area contributed by atoms with Crippen LogP contribution in [0.2, 0.25) is 0 Å². The zero-order chi connectivity index (χ0) is 20.5. The number of thiophene rings is 1. The molecule has 1 aromatic carbocycles. The van der Waals surface area contributed by atoms with E-state index in [2.05, 4.69) is 45.1 Å². The minimum atomic E-state index is 0.113. The zero-order valence-corrected chi connectivity index (χ0v) is 18.1. The molecule has 2 saturated heterocycles. The van der Waals surface area contributed by atoms with E-state index in [4.69, 9.17) is 4.74 Å². The van der Waals surface area contributed by atoms with E-state index in [0.29, 0.717) is 6.04 Å². The molecule has 5 rings (SSSR count). The van der Waals surface area contributed by atoms with E-state index >= 15 is 0 Å². The van der Waals surface area contributed by atoms with E-state index in [-0.39, 0.29) is 11.9 Å². The first-order valence-corrected chi connectivity index (χ1v) is 11.7. The minimum absolute atomic E-state index is 0.113. The van der Waals surface area contributed by atoms with Gasteiger partial charge in [-0.2, -0.15) is 5.10 Å². The van der Waals surface area contributed by atoms with Gasteiger partial charge in [-0.25, -0.2) is 0 Å². The number of ether oxygens (including phenoxy) is 1. The number of hydrogen-bond acceptors (Lipinski definition) is 4. The molecule has 4 heterocycles. The Morgan fingerprint density at radius 1 is 1.17 bits per heavy atom. The molecule has 6 heteroatoms. The van der Waals surface area contributed by atoms with Crippen molar-refractivity contribution in [3.05, 3.63) is 64.1 Å². The molecule has 2 aliphatic rings. The largest absolute Gasteiger partial charge is 0.381 e. The molecule has 0 aliphatic carbocycles. The van der Waals surface area contributed by atoms with E-state index < -0.39 is 0 Å². The molecule has 0 saturated carbocycles. The average molecular weight is 422 g/mol. The second-order valence-corrected chi connectivity index (χ2v) is 9.15. The summed E-state index contributed by atoms with van der Waals surface area (Å²) in [4.78, 5) is 16.2. The molecule has 0 unspecified atom stereocenters. The maximum absolute atomic E-state index is 13.3. The summed E-state index contributed by atoms with van der Waals surface area (Å²) in [7, 11) is 0. The van der Waals surface area contributed by atoms with Gasteiger partial charge in [0.15, 0.2) is 0 Å². The van der Waals surface area contributed by atoms with Crippen molar-refractivity contribution in [2.45, 2.75) is 44.7 Å². The van der Waals surface area contributed by atoms with Crippen molar-refractivity contribution in [1.29, 1.82) is 0 Å². The molecular weight excluding hydrogens is 394 g/mol. The Bertz CT molecular complexity index is 1030. The van der Waals surface area contributed by atoms with Crippen LogP contribution in [0.4, 0.5) is 0 Å². The standard InChI is InChI=1S/C24H27N3O2S/c1-17-10-14-30-23(17)24(28)26-11-4-7-22(26)21-6-3-2-5-20(21)18-15-25-27(16-18)19-8-12-29-13-9-19/h2-3,5-6,10,14-16,19,22H,4,7-9,11-13H2,1H3/t22-/m0/s1. The first-order valence-electron chi connectivity index (χ1n) is 10.8. The molecule has 2 aliphatic heterocycles. The molecule has 2 aromatic heterocycles. The van der Waals surface area contributed by atoms with Crippen molar-refractivity contribution in [1.82, 2.24) is 14.7 Å². The van der Waals surface area contributed by atoms with Crippen molar-refractivity contribution in [2.24, 2.45) is 0 Å². The quantitative estimate of drug-likeness (QED) is 0.578. The fourth-order valence-corrected chi connectivity index (χ4v) is 5.61. The van der Waals surface area contributed by atoms with Crippen LogP contribution in [-0.2, 0) is 4.74 Å². The molecular formula is C24H27N3O2S.